The fourth-order valence-electron chi connectivity index (χ4n) is 2.06. The zero-order valence-electron chi connectivity index (χ0n) is 16.5. The van der Waals surface area contributed by atoms with Gasteiger partial charge in [0, 0.05) is 0 Å². The van der Waals surface area contributed by atoms with Gasteiger partial charge < -0.3 is 18.9 Å². The second kappa shape index (κ2) is 9.27. The molecule has 0 atom stereocenters. The van der Waals surface area contributed by atoms with E-state index in [0.29, 0.717) is 11.3 Å². The Morgan fingerprint density at radius 2 is 1.85 bits per heavy atom. The van der Waals surface area contributed by atoms with Crippen LogP contribution >= 0.6 is 0 Å². The van der Waals surface area contributed by atoms with Crippen LogP contribution in [0.5, 0.6) is 5.75 Å². The van der Waals surface area contributed by atoms with Gasteiger partial charge in [0.05, 0.1) is 19.8 Å². The monoisotopic (exact) mass is 364 g/mol. The van der Waals surface area contributed by atoms with Gasteiger partial charge in [-0.25, -0.2) is 9.59 Å². The molecule has 0 bridgehead atoms. The van der Waals surface area contributed by atoms with Crippen LogP contribution in [0, 0.1) is 0 Å². The van der Waals surface area contributed by atoms with Gasteiger partial charge in [-0.3, -0.25) is 0 Å². The molecule has 0 saturated heterocycles. The molecule has 0 N–H and O–H groups in total. The highest BCUT2D eigenvalue weighted by Crippen LogP contribution is 2.24. The molecule has 0 saturated carbocycles. The Bertz CT molecular complexity index is 667. The van der Waals surface area contributed by atoms with Crippen molar-refractivity contribution in [1.29, 1.82) is 0 Å². The summed E-state index contributed by atoms with van der Waals surface area (Å²) < 4.78 is 21.2. The first-order valence-corrected chi connectivity index (χ1v) is 8.54. The maximum absolute atomic E-state index is 12.4. The Morgan fingerprint density at radius 1 is 1.19 bits per heavy atom. The van der Waals surface area contributed by atoms with Gasteiger partial charge >= 0.3 is 11.9 Å². The SMILES string of the molecule is CCOC(=O)/C(=C/c1ccc(OC)c(C(=O)OC(C)(C)C)c1)OC(C)C. The first kappa shape index (κ1) is 21.5. The van der Waals surface area contributed by atoms with Crippen molar-refractivity contribution in [1.82, 2.24) is 0 Å². The molecule has 6 heteroatoms. The van der Waals surface area contributed by atoms with E-state index >= 15 is 0 Å². The predicted molar refractivity (Wildman–Crippen MR) is 99.0 cm³/mol. The van der Waals surface area contributed by atoms with Crippen molar-refractivity contribution in [2.45, 2.75) is 53.2 Å². The Hall–Kier alpha value is -2.50. The molecule has 0 spiro atoms. The molecule has 26 heavy (non-hydrogen) atoms. The molecule has 1 aromatic rings. The third-order valence-corrected chi connectivity index (χ3v) is 2.98. The van der Waals surface area contributed by atoms with Gasteiger partial charge in [0.2, 0.25) is 5.76 Å². The average Bonchev–Trinajstić information content (AvgIpc) is 2.52. The molecule has 0 heterocycles. The summed E-state index contributed by atoms with van der Waals surface area (Å²) in [5.41, 5.74) is 0.226. The standard InChI is InChI=1S/C20H28O6/c1-8-24-19(22)17(25-13(2)3)12-14-9-10-16(23-7)15(11-14)18(21)26-20(4,5)6/h9-13H,8H2,1-7H3/b17-12-. The minimum Gasteiger partial charge on any atom is -0.496 e. The smallest absolute Gasteiger partial charge is 0.373 e. The lowest BCUT2D eigenvalue weighted by molar-refractivity contribution is -0.143. The molecule has 1 rings (SSSR count). The molecule has 0 amide bonds. The van der Waals surface area contributed by atoms with Crippen molar-refractivity contribution in [3.63, 3.8) is 0 Å². The molecule has 0 aliphatic rings. The van der Waals surface area contributed by atoms with Crippen molar-refractivity contribution >= 4 is 18.0 Å². The highest BCUT2D eigenvalue weighted by molar-refractivity contribution is 5.95. The van der Waals surface area contributed by atoms with Gasteiger partial charge in [0.1, 0.15) is 16.9 Å². The summed E-state index contributed by atoms with van der Waals surface area (Å²) in [7, 11) is 1.48. The predicted octanol–water partition coefficient (Wildman–Crippen LogP) is 3.98. The fourth-order valence-corrected chi connectivity index (χ4v) is 2.06. The minimum atomic E-state index is -0.634. The second-order valence-corrected chi connectivity index (χ2v) is 6.86. The summed E-state index contributed by atoms with van der Waals surface area (Å²) in [6.07, 6.45) is 1.33. The van der Waals surface area contributed by atoms with Gasteiger partial charge in [-0.2, -0.15) is 0 Å². The van der Waals surface area contributed by atoms with E-state index in [1.54, 1.807) is 45.9 Å². The van der Waals surface area contributed by atoms with Gasteiger partial charge in [0.15, 0.2) is 0 Å². The van der Waals surface area contributed by atoms with Crippen LogP contribution in [0.15, 0.2) is 24.0 Å². The highest BCUT2D eigenvalue weighted by Gasteiger charge is 2.22. The molecule has 0 unspecified atom stereocenters. The van der Waals surface area contributed by atoms with Crippen LogP contribution < -0.4 is 4.74 Å². The third kappa shape index (κ3) is 6.78. The van der Waals surface area contributed by atoms with Crippen molar-refractivity contribution in [2.75, 3.05) is 13.7 Å². The van der Waals surface area contributed by atoms with E-state index in [4.69, 9.17) is 18.9 Å². The van der Waals surface area contributed by atoms with Crippen LogP contribution in [0.4, 0.5) is 0 Å². The summed E-state index contributed by atoms with van der Waals surface area (Å²) in [5.74, 6) is -0.607. The molecule has 1 aromatic carbocycles. The van der Waals surface area contributed by atoms with E-state index in [1.807, 2.05) is 13.8 Å². The normalized spacial score (nSPS) is 11.9. The van der Waals surface area contributed by atoms with E-state index in [0.717, 1.165) is 0 Å². The van der Waals surface area contributed by atoms with Crippen molar-refractivity contribution in [3.05, 3.63) is 35.1 Å². The average molecular weight is 364 g/mol. The number of carbonyl (C=O) groups is 2. The lowest BCUT2D eigenvalue weighted by atomic mass is 10.1. The van der Waals surface area contributed by atoms with Gasteiger partial charge in [-0.15, -0.1) is 0 Å². The highest BCUT2D eigenvalue weighted by atomic mass is 16.6. The molecule has 0 aliphatic heterocycles. The first-order valence-electron chi connectivity index (χ1n) is 8.54. The largest absolute Gasteiger partial charge is 0.496 e. The Kier molecular flexibility index (Phi) is 7.68. The van der Waals surface area contributed by atoms with E-state index in [2.05, 4.69) is 0 Å². The quantitative estimate of drug-likeness (QED) is 0.414. The van der Waals surface area contributed by atoms with Crippen LogP contribution in [0.2, 0.25) is 0 Å². The van der Waals surface area contributed by atoms with E-state index in [1.165, 1.54) is 13.2 Å². The Labute approximate surface area is 155 Å². The number of ether oxygens (including phenoxy) is 4. The number of benzene rings is 1. The van der Waals surface area contributed by atoms with Crippen LogP contribution in [-0.4, -0.2) is 37.4 Å². The van der Waals surface area contributed by atoms with Gasteiger partial charge in [-0.1, -0.05) is 6.07 Å². The number of methoxy groups -OCH3 is 1. The topological polar surface area (TPSA) is 71.1 Å². The first-order chi connectivity index (χ1) is 12.1. The molecule has 144 valence electrons. The Balaban J connectivity index is 3.28. The molecular weight excluding hydrogens is 336 g/mol. The van der Waals surface area contributed by atoms with Gasteiger partial charge in [-0.05, 0) is 65.3 Å². The number of carbonyl (C=O) groups excluding carboxylic acids is 2. The van der Waals surface area contributed by atoms with E-state index in [9.17, 15) is 9.59 Å². The van der Waals surface area contributed by atoms with E-state index < -0.39 is 17.5 Å². The molecule has 0 aromatic heterocycles. The maximum Gasteiger partial charge on any atom is 0.373 e. The Morgan fingerprint density at radius 3 is 2.35 bits per heavy atom. The van der Waals surface area contributed by atoms with Gasteiger partial charge in [0.25, 0.3) is 0 Å². The number of hydrogen-bond acceptors (Lipinski definition) is 6. The molecule has 0 aliphatic carbocycles. The lowest BCUT2D eigenvalue weighted by Gasteiger charge is -2.20. The van der Waals surface area contributed by atoms with Crippen LogP contribution in [0.1, 0.15) is 57.5 Å². The summed E-state index contributed by atoms with van der Waals surface area (Å²) in [5, 5.41) is 0. The van der Waals surface area contributed by atoms with Crippen molar-refractivity contribution in [3.8, 4) is 5.75 Å². The molecule has 6 nitrogen and oxygen atoms in total. The molecular formula is C20H28O6. The summed E-state index contributed by atoms with van der Waals surface area (Å²) in [6.45, 7) is 11.0. The van der Waals surface area contributed by atoms with Crippen molar-refractivity contribution in [2.24, 2.45) is 0 Å². The molecule has 0 fully saturated rings. The van der Waals surface area contributed by atoms with Crippen molar-refractivity contribution < 1.29 is 28.5 Å². The number of hydrogen-bond donors (Lipinski definition) is 0. The lowest BCUT2D eigenvalue weighted by Crippen LogP contribution is -2.24. The number of rotatable bonds is 7. The zero-order chi connectivity index (χ0) is 19.9. The summed E-state index contributed by atoms with van der Waals surface area (Å²) >= 11 is 0. The zero-order valence-corrected chi connectivity index (χ0v) is 16.5. The van der Waals surface area contributed by atoms with Crippen LogP contribution in [-0.2, 0) is 19.0 Å². The fraction of sp³-hybridized carbons (Fsp3) is 0.500. The third-order valence-electron chi connectivity index (χ3n) is 2.98. The van der Waals surface area contributed by atoms with Crippen LogP contribution in [0.3, 0.4) is 0 Å². The summed E-state index contributed by atoms with van der Waals surface area (Å²) in [6, 6.07) is 4.95. The summed E-state index contributed by atoms with van der Waals surface area (Å²) in [4.78, 5) is 24.5. The minimum absolute atomic E-state index is 0.0714. The molecule has 0 radical (unpaired) electrons. The van der Waals surface area contributed by atoms with E-state index in [-0.39, 0.29) is 24.0 Å². The second-order valence-electron chi connectivity index (χ2n) is 6.86. The number of esters is 2. The maximum atomic E-state index is 12.4. The van der Waals surface area contributed by atoms with Crippen LogP contribution in [0.25, 0.3) is 6.08 Å².